The average Bonchev–Trinajstić information content (AvgIpc) is 3.17. The van der Waals surface area contributed by atoms with Crippen molar-refractivity contribution in [2.24, 2.45) is 0 Å². The van der Waals surface area contributed by atoms with Gasteiger partial charge in [0.15, 0.2) is 11.5 Å². The average molecular weight is 698 g/mol. The molecule has 7 rings (SSSR count). The number of methoxy groups -OCH3 is 1. The van der Waals surface area contributed by atoms with Gasteiger partial charge in [-0.05, 0) is 86.9 Å². The third kappa shape index (κ3) is 7.73. The number of carbonyl (C=O) groups is 1. The number of hydrogen-bond acceptors (Lipinski definition) is 8. The van der Waals surface area contributed by atoms with Gasteiger partial charge in [-0.1, -0.05) is 48.4 Å². The molecule has 1 aliphatic rings. The van der Waals surface area contributed by atoms with E-state index in [1.165, 1.54) is 19.3 Å². The second-order valence-electron chi connectivity index (χ2n) is 12.4. The van der Waals surface area contributed by atoms with Crippen molar-refractivity contribution in [3.63, 3.8) is 0 Å². The number of halogens is 1. The van der Waals surface area contributed by atoms with Crippen molar-refractivity contribution >= 4 is 45.0 Å². The van der Waals surface area contributed by atoms with Crippen molar-refractivity contribution < 1.29 is 19.0 Å². The summed E-state index contributed by atoms with van der Waals surface area (Å²) in [6.45, 7) is 3.90. The van der Waals surface area contributed by atoms with Crippen LogP contribution in [0.1, 0.15) is 41.6 Å². The molecule has 0 saturated carbocycles. The van der Waals surface area contributed by atoms with Crippen molar-refractivity contribution in [2.45, 2.75) is 25.7 Å². The van der Waals surface area contributed by atoms with Crippen LogP contribution in [0.3, 0.4) is 0 Å². The Balaban J connectivity index is 1.10. The number of carbonyl (C=O) groups excluding carboxylic acids is 1. The number of rotatable bonds is 11. The van der Waals surface area contributed by atoms with Crippen LogP contribution < -0.4 is 19.5 Å². The number of aromatic nitrogens is 2. The normalized spacial score (nSPS) is 13.1. The fourth-order valence-corrected chi connectivity index (χ4v) is 6.56. The minimum atomic E-state index is -0.365. The molecule has 0 spiro atoms. The molecule has 1 amide bonds. The van der Waals surface area contributed by atoms with Crippen LogP contribution in [0.2, 0.25) is 5.02 Å². The molecule has 1 aliphatic heterocycles. The monoisotopic (exact) mass is 697 g/mol. The van der Waals surface area contributed by atoms with E-state index in [4.69, 9.17) is 30.8 Å². The summed E-state index contributed by atoms with van der Waals surface area (Å²) >= 11 is 6.32. The maximum absolute atomic E-state index is 13.8. The number of hydrogen-bond donors (Lipinski definition) is 1. The lowest BCUT2D eigenvalue weighted by molar-refractivity contribution is 0.102. The highest BCUT2D eigenvalue weighted by Crippen LogP contribution is 2.38. The minimum absolute atomic E-state index is 0.242. The number of nitrogens with one attached hydrogen (secondary N) is 1. The fraction of sp³-hybridized carbons (Fsp3) is 0.220. The topological polar surface area (TPSA) is 110 Å². The molecule has 0 aliphatic carbocycles. The SMILES string of the molecule is COc1cc2c(Oc3ccc(NC(=O)c4cc(-c5ccccc5)nc5ccc(Cl)cc45)cc3C#N)ccnc2cc1OCCCN1CCCCC1. The van der Waals surface area contributed by atoms with E-state index < -0.39 is 0 Å². The lowest BCUT2D eigenvalue weighted by atomic mass is 10.0. The number of pyridine rings is 2. The zero-order chi connectivity index (χ0) is 35.2. The number of likely N-dealkylation sites (tertiary alicyclic amines) is 1. The number of nitrogens with zero attached hydrogens (tertiary/aromatic N) is 4. The molecule has 1 N–H and O–H groups in total. The molecule has 256 valence electrons. The Bertz CT molecular complexity index is 2250. The summed E-state index contributed by atoms with van der Waals surface area (Å²) in [5.74, 6) is 1.64. The second kappa shape index (κ2) is 15.5. The molecule has 0 atom stereocenters. The van der Waals surface area contributed by atoms with Gasteiger partial charge in [0, 0.05) is 45.9 Å². The Kier molecular flexibility index (Phi) is 10.2. The third-order valence-corrected chi connectivity index (χ3v) is 9.21. The Labute approximate surface area is 301 Å². The van der Waals surface area contributed by atoms with Crippen molar-refractivity contribution in [1.82, 2.24) is 14.9 Å². The number of benzene rings is 4. The predicted molar refractivity (Wildman–Crippen MR) is 200 cm³/mol. The largest absolute Gasteiger partial charge is 0.493 e. The van der Waals surface area contributed by atoms with E-state index in [-0.39, 0.29) is 11.5 Å². The predicted octanol–water partition coefficient (Wildman–Crippen LogP) is 9.28. The van der Waals surface area contributed by atoms with Crippen LogP contribution in [0.5, 0.6) is 23.0 Å². The minimum Gasteiger partial charge on any atom is -0.493 e. The van der Waals surface area contributed by atoms with Crippen LogP contribution in [-0.4, -0.2) is 54.1 Å². The van der Waals surface area contributed by atoms with Crippen LogP contribution in [0, 0.1) is 11.3 Å². The molecule has 0 bridgehead atoms. The molecule has 6 aromatic rings. The van der Waals surface area contributed by atoms with Gasteiger partial charge in [0.1, 0.15) is 17.6 Å². The summed E-state index contributed by atoms with van der Waals surface area (Å²) in [7, 11) is 1.60. The number of ether oxygens (including phenoxy) is 3. The van der Waals surface area contributed by atoms with Gasteiger partial charge in [0.2, 0.25) is 0 Å². The van der Waals surface area contributed by atoms with Gasteiger partial charge in [-0.15, -0.1) is 0 Å². The maximum Gasteiger partial charge on any atom is 0.256 e. The van der Waals surface area contributed by atoms with Crippen molar-refractivity contribution in [1.29, 1.82) is 5.26 Å². The van der Waals surface area contributed by atoms with Gasteiger partial charge in [0.25, 0.3) is 5.91 Å². The molecular weight excluding hydrogens is 662 g/mol. The molecule has 3 heterocycles. The molecule has 9 nitrogen and oxygen atoms in total. The zero-order valence-electron chi connectivity index (χ0n) is 28.2. The number of amides is 1. The van der Waals surface area contributed by atoms with E-state index >= 15 is 0 Å². The van der Waals surface area contributed by atoms with Gasteiger partial charge < -0.3 is 24.4 Å². The van der Waals surface area contributed by atoms with Gasteiger partial charge in [0.05, 0.1) is 41.6 Å². The Morgan fingerprint density at radius 3 is 2.53 bits per heavy atom. The number of fused-ring (bicyclic) bond motifs is 2. The van der Waals surface area contributed by atoms with Crippen LogP contribution >= 0.6 is 11.6 Å². The Morgan fingerprint density at radius 2 is 1.73 bits per heavy atom. The van der Waals surface area contributed by atoms with Gasteiger partial charge in [-0.3, -0.25) is 9.78 Å². The smallest absolute Gasteiger partial charge is 0.256 e. The first-order valence-electron chi connectivity index (χ1n) is 17.0. The molecule has 51 heavy (non-hydrogen) atoms. The highest BCUT2D eigenvalue weighted by atomic mass is 35.5. The first kappa shape index (κ1) is 33.8. The molecule has 2 aromatic heterocycles. The molecule has 0 radical (unpaired) electrons. The van der Waals surface area contributed by atoms with Crippen LogP contribution in [-0.2, 0) is 0 Å². The fourth-order valence-electron chi connectivity index (χ4n) is 6.39. The molecule has 10 heteroatoms. The highest BCUT2D eigenvalue weighted by molar-refractivity contribution is 6.31. The lowest BCUT2D eigenvalue weighted by Gasteiger charge is -2.26. The first-order chi connectivity index (χ1) is 25.0. The van der Waals surface area contributed by atoms with Crippen molar-refractivity contribution in [3.05, 3.63) is 113 Å². The summed E-state index contributed by atoms with van der Waals surface area (Å²) in [6.07, 6.45) is 6.43. The maximum atomic E-state index is 13.8. The third-order valence-electron chi connectivity index (χ3n) is 8.97. The van der Waals surface area contributed by atoms with Crippen molar-refractivity contribution in [3.8, 4) is 40.3 Å². The van der Waals surface area contributed by atoms with Crippen LogP contribution in [0.25, 0.3) is 33.1 Å². The molecule has 0 unspecified atom stereocenters. The highest BCUT2D eigenvalue weighted by Gasteiger charge is 2.18. The van der Waals surface area contributed by atoms with Gasteiger partial charge in [-0.2, -0.15) is 5.26 Å². The quantitative estimate of drug-likeness (QED) is 0.133. The van der Waals surface area contributed by atoms with E-state index in [1.54, 1.807) is 61.8 Å². The van der Waals surface area contributed by atoms with E-state index in [9.17, 15) is 10.1 Å². The van der Waals surface area contributed by atoms with E-state index in [0.717, 1.165) is 31.6 Å². The number of piperidine rings is 1. The molecule has 1 fully saturated rings. The van der Waals surface area contributed by atoms with Crippen molar-refractivity contribution in [2.75, 3.05) is 38.7 Å². The number of anilines is 1. The van der Waals surface area contributed by atoms with E-state index in [1.807, 2.05) is 42.5 Å². The summed E-state index contributed by atoms with van der Waals surface area (Å²) in [4.78, 5) is 25.6. The van der Waals surface area contributed by atoms with Gasteiger partial charge >= 0.3 is 0 Å². The molecular formula is C41H36ClN5O4. The second-order valence-corrected chi connectivity index (χ2v) is 12.8. The number of nitriles is 1. The summed E-state index contributed by atoms with van der Waals surface area (Å²) < 4.78 is 18.1. The van der Waals surface area contributed by atoms with Crippen LogP contribution in [0.15, 0.2) is 97.2 Å². The Morgan fingerprint density at radius 1 is 0.882 bits per heavy atom. The first-order valence-corrected chi connectivity index (χ1v) is 17.4. The van der Waals surface area contributed by atoms with E-state index in [2.05, 4.69) is 21.3 Å². The standard InChI is InChI=1S/C41H36ClN5O4/c1-49-39-24-33-36(25-40(39)50-20-8-19-47-17-6-3-7-18-47)44-16-15-38(33)51-37-14-12-30(21-28(37)26-43)45-41(48)32-23-35(27-9-4-2-5-10-27)46-34-13-11-29(42)22-31(32)34/h2,4-5,9-16,21-25H,3,6-8,17-20H2,1H3,(H,45,48). The molecule has 1 saturated heterocycles. The molecule has 4 aromatic carbocycles. The summed E-state index contributed by atoms with van der Waals surface area (Å²) in [5.41, 5.74) is 3.92. The summed E-state index contributed by atoms with van der Waals surface area (Å²) in [5, 5.41) is 14.9. The summed E-state index contributed by atoms with van der Waals surface area (Å²) in [6, 6.07) is 29.2. The Hall–Kier alpha value is -5.69. The van der Waals surface area contributed by atoms with E-state index in [0.29, 0.717) is 73.4 Å². The van der Waals surface area contributed by atoms with Gasteiger partial charge in [-0.25, -0.2) is 4.98 Å². The lowest BCUT2D eigenvalue weighted by Crippen LogP contribution is -2.31. The zero-order valence-corrected chi connectivity index (χ0v) is 29.0. The van der Waals surface area contributed by atoms with Crippen LogP contribution in [0.4, 0.5) is 5.69 Å².